The molecule has 0 aliphatic rings. The molecule has 0 spiro atoms. The maximum atomic E-state index is 9.64. The summed E-state index contributed by atoms with van der Waals surface area (Å²) in [6.07, 6.45) is -0.173. The molecule has 0 radical (unpaired) electrons. The molecular weight excluding hydrogens is 230 g/mol. The molecule has 2 atom stereocenters. The Morgan fingerprint density at radius 3 is 2.44 bits per heavy atom. The second-order valence-electron chi connectivity index (χ2n) is 4.37. The number of ether oxygens (including phenoxy) is 1. The lowest BCUT2D eigenvalue weighted by Gasteiger charge is -2.14. The molecule has 18 heavy (non-hydrogen) atoms. The minimum atomic E-state index is -0.544. The highest BCUT2D eigenvalue weighted by Gasteiger charge is 2.05. The van der Waals surface area contributed by atoms with Crippen molar-refractivity contribution < 1.29 is 14.9 Å². The average molecular weight is 253 g/mol. The molecule has 0 amide bonds. The number of nitrogens with one attached hydrogen (secondary N) is 1. The molecule has 0 aromatic heterocycles. The van der Waals surface area contributed by atoms with Crippen LogP contribution in [-0.4, -0.2) is 42.1 Å². The number of hydrogen-bond acceptors (Lipinski definition) is 4. The maximum Gasteiger partial charge on any atom is 0.0897 e. The molecule has 0 saturated carbocycles. The topological polar surface area (TPSA) is 61.7 Å². The highest BCUT2D eigenvalue weighted by Crippen LogP contribution is 2.00. The first kappa shape index (κ1) is 15.1. The predicted molar refractivity (Wildman–Crippen MR) is 71.3 cm³/mol. The summed E-state index contributed by atoms with van der Waals surface area (Å²) in [6.45, 7) is 3.67. The lowest BCUT2D eigenvalue weighted by Crippen LogP contribution is -2.35. The van der Waals surface area contributed by atoms with Gasteiger partial charge < -0.3 is 20.3 Å². The van der Waals surface area contributed by atoms with Crippen molar-refractivity contribution in [3.05, 3.63) is 35.9 Å². The summed E-state index contributed by atoms with van der Waals surface area (Å²) in [4.78, 5) is 0. The van der Waals surface area contributed by atoms with Crippen molar-refractivity contribution in [2.24, 2.45) is 0 Å². The van der Waals surface area contributed by atoms with Gasteiger partial charge in [0.05, 0.1) is 25.4 Å². The van der Waals surface area contributed by atoms with Crippen LogP contribution in [0.1, 0.15) is 18.9 Å². The number of benzene rings is 1. The van der Waals surface area contributed by atoms with Gasteiger partial charge in [0.15, 0.2) is 0 Å². The van der Waals surface area contributed by atoms with E-state index in [9.17, 15) is 10.2 Å². The van der Waals surface area contributed by atoms with Crippen molar-refractivity contribution in [1.29, 1.82) is 0 Å². The first-order valence-electron chi connectivity index (χ1n) is 6.41. The van der Waals surface area contributed by atoms with Crippen LogP contribution in [0.15, 0.2) is 30.3 Å². The number of rotatable bonds is 9. The van der Waals surface area contributed by atoms with E-state index in [-0.39, 0.29) is 6.10 Å². The van der Waals surface area contributed by atoms with Gasteiger partial charge in [-0.2, -0.15) is 0 Å². The summed E-state index contributed by atoms with van der Waals surface area (Å²) < 4.78 is 5.41. The Labute approximate surface area is 109 Å². The van der Waals surface area contributed by atoms with E-state index in [0.717, 1.165) is 5.56 Å². The molecule has 1 aromatic carbocycles. The lowest BCUT2D eigenvalue weighted by molar-refractivity contribution is 0.0273. The van der Waals surface area contributed by atoms with Crippen molar-refractivity contribution >= 4 is 0 Å². The third kappa shape index (κ3) is 6.71. The number of aliphatic hydroxyl groups is 2. The normalized spacial score (nSPS) is 14.4. The third-order valence-corrected chi connectivity index (χ3v) is 2.65. The van der Waals surface area contributed by atoms with E-state index in [4.69, 9.17) is 4.74 Å². The maximum absolute atomic E-state index is 9.64. The molecule has 0 aliphatic heterocycles. The smallest absolute Gasteiger partial charge is 0.0897 e. The van der Waals surface area contributed by atoms with Crippen molar-refractivity contribution in [3.63, 3.8) is 0 Å². The molecular formula is C14H23NO3. The fraction of sp³-hybridized carbons (Fsp3) is 0.571. The highest BCUT2D eigenvalue weighted by molar-refractivity contribution is 5.13. The van der Waals surface area contributed by atoms with Crippen LogP contribution in [0, 0.1) is 0 Å². The molecule has 0 aliphatic carbocycles. The van der Waals surface area contributed by atoms with Gasteiger partial charge in [-0.15, -0.1) is 0 Å². The summed E-state index contributed by atoms with van der Waals surface area (Å²) in [5.74, 6) is 0. The van der Waals surface area contributed by atoms with Gasteiger partial charge in [0, 0.05) is 13.1 Å². The number of hydrogen-bond donors (Lipinski definition) is 3. The van der Waals surface area contributed by atoms with E-state index in [1.807, 2.05) is 37.3 Å². The molecule has 1 rings (SSSR count). The highest BCUT2D eigenvalue weighted by atomic mass is 16.5. The zero-order chi connectivity index (χ0) is 13.2. The summed E-state index contributed by atoms with van der Waals surface area (Å²) >= 11 is 0. The molecule has 0 heterocycles. The molecule has 0 saturated heterocycles. The molecule has 102 valence electrons. The molecule has 0 bridgehead atoms. The molecule has 1 aromatic rings. The van der Waals surface area contributed by atoms with Crippen LogP contribution >= 0.6 is 0 Å². The van der Waals surface area contributed by atoms with Gasteiger partial charge in [-0.3, -0.25) is 0 Å². The van der Waals surface area contributed by atoms with Crippen molar-refractivity contribution in [3.8, 4) is 0 Å². The first-order valence-corrected chi connectivity index (χ1v) is 6.41. The Hall–Kier alpha value is -0.940. The summed E-state index contributed by atoms with van der Waals surface area (Å²) in [7, 11) is 0. The molecule has 0 fully saturated rings. The van der Waals surface area contributed by atoms with E-state index < -0.39 is 6.10 Å². The van der Waals surface area contributed by atoms with E-state index in [0.29, 0.717) is 32.7 Å². The molecule has 3 N–H and O–H groups in total. The van der Waals surface area contributed by atoms with Gasteiger partial charge in [-0.1, -0.05) is 37.3 Å². The SMILES string of the molecule is CCC(O)CNCC(O)COCc1ccccc1. The fourth-order valence-electron chi connectivity index (χ4n) is 1.51. The Kier molecular flexibility index (Phi) is 7.60. The first-order chi connectivity index (χ1) is 8.72. The minimum absolute atomic E-state index is 0.296. The van der Waals surface area contributed by atoms with Gasteiger partial charge in [0.25, 0.3) is 0 Å². The quantitative estimate of drug-likeness (QED) is 0.612. The summed E-state index contributed by atoms with van der Waals surface area (Å²) in [6, 6.07) is 9.86. The monoisotopic (exact) mass is 253 g/mol. The lowest BCUT2D eigenvalue weighted by atomic mass is 10.2. The van der Waals surface area contributed by atoms with E-state index in [1.54, 1.807) is 0 Å². The van der Waals surface area contributed by atoms with Crippen LogP contribution in [0.4, 0.5) is 0 Å². The van der Waals surface area contributed by atoms with Crippen LogP contribution < -0.4 is 5.32 Å². The van der Waals surface area contributed by atoms with E-state index >= 15 is 0 Å². The van der Waals surface area contributed by atoms with Crippen LogP contribution in [0.3, 0.4) is 0 Å². The molecule has 2 unspecified atom stereocenters. The second kappa shape index (κ2) is 9.05. The average Bonchev–Trinajstić information content (AvgIpc) is 2.39. The Bertz CT molecular complexity index is 305. The van der Waals surface area contributed by atoms with Gasteiger partial charge in [0.1, 0.15) is 0 Å². The minimum Gasteiger partial charge on any atom is -0.392 e. The summed E-state index contributed by atoms with van der Waals surface area (Å²) in [5, 5.41) is 22.0. The Morgan fingerprint density at radius 2 is 1.78 bits per heavy atom. The van der Waals surface area contributed by atoms with Crippen LogP contribution in [-0.2, 0) is 11.3 Å². The standard InChI is InChI=1S/C14H23NO3/c1-2-13(16)8-15-9-14(17)11-18-10-12-6-4-3-5-7-12/h3-7,13-17H,2,8-11H2,1H3. The van der Waals surface area contributed by atoms with Gasteiger partial charge >= 0.3 is 0 Å². The Balaban J connectivity index is 2.05. The van der Waals surface area contributed by atoms with Crippen molar-refractivity contribution in [2.75, 3.05) is 19.7 Å². The number of aliphatic hydroxyl groups excluding tert-OH is 2. The predicted octanol–water partition coefficient (Wildman–Crippen LogP) is 0.925. The zero-order valence-corrected chi connectivity index (χ0v) is 10.9. The van der Waals surface area contributed by atoms with Crippen molar-refractivity contribution in [1.82, 2.24) is 5.32 Å². The van der Waals surface area contributed by atoms with Crippen LogP contribution in [0.2, 0.25) is 0 Å². The fourth-order valence-corrected chi connectivity index (χ4v) is 1.51. The van der Waals surface area contributed by atoms with Crippen LogP contribution in [0.25, 0.3) is 0 Å². The summed E-state index contributed by atoms with van der Waals surface area (Å²) in [5.41, 5.74) is 1.10. The molecule has 4 nitrogen and oxygen atoms in total. The van der Waals surface area contributed by atoms with Gasteiger partial charge in [0.2, 0.25) is 0 Å². The van der Waals surface area contributed by atoms with Crippen molar-refractivity contribution in [2.45, 2.75) is 32.2 Å². The Morgan fingerprint density at radius 1 is 1.11 bits per heavy atom. The van der Waals surface area contributed by atoms with Gasteiger partial charge in [-0.05, 0) is 12.0 Å². The third-order valence-electron chi connectivity index (χ3n) is 2.65. The van der Waals surface area contributed by atoms with E-state index in [2.05, 4.69) is 5.32 Å². The van der Waals surface area contributed by atoms with Gasteiger partial charge in [-0.25, -0.2) is 0 Å². The largest absolute Gasteiger partial charge is 0.392 e. The molecule has 4 heteroatoms. The van der Waals surface area contributed by atoms with E-state index in [1.165, 1.54) is 0 Å². The zero-order valence-electron chi connectivity index (χ0n) is 10.9. The second-order valence-corrected chi connectivity index (χ2v) is 4.37. The van der Waals surface area contributed by atoms with Crippen LogP contribution in [0.5, 0.6) is 0 Å².